The van der Waals surface area contributed by atoms with Crippen LogP contribution in [-0.2, 0) is 0 Å². The number of para-hydroxylation sites is 1. The number of halogens is 1. The summed E-state index contributed by atoms with van der Waals surface area (Å²) >= 11 is 6.17. The summed E-state index contributed by atoms with van der Waals surface area (Å²) in [5.41, 5.74) is 1.03. The minimum Gasteiger partial charge on any atom is -0.458 e. The van der Waals surface area contributed by atoms with Crippen molar-refractivity contribution in [1.82, 2.24) is 5.32 Å². The Morgan fingerprint density at radius 3 is 2.63 bits per heavy atom. The smallest absolute Gasteiger partial charge is 0.152 e. The van der Waals surface area contributed by atoms with E-state index in [1.165, 1.54) is 0 Å². The fraction of sp³-hybridized carbons (Fsp3) is 0.500. The topological polar surface area (TPSA) is 25.2 Å². The molecule has 2 aromatic rings. The number of nitrogens with one attached hydrogen (secondary N) is 1. The number of fused-ring (bicyclic) bond motifs is 1. The van der Waals surface area contributed by atoms with Crippen molar-refractivity contribution in [3.63, 3.8) is 0 Å². The Hall–Kier alpha value is -0.990. The molecule has 1 aromatic heterocycles. The molecule has 104 valence electrons. The predicted molar refractivity (Wildman–Crippen MR) is 81.7 cm³/mol. The second kappa shape index (κ2) is 5.56. The van der Waals surface area contributed by atoms with Gasteiger partial charge in [-0.3, -0.25) is 0 Å². The Kier molecular flexibility index (Phi) is 4.22. The van der Waals surface area contributed by atoms with E-state index in [0.717, 1.165) is 29.7 Å². The lowest BCUT2D eigenvalue weighted by molar-refractivity contribution is 0.290. The zero-order chi connectivity index (χ0) is 14.0. The van der Waals surface area contributed by atoms with E-state index in [1.54, 1.807) is 0 Å². The molecule has 1 unspecified atom stereocenters. The molecule has 0 amide bonds. The summed E-state index contributed by atoms with van der Waals surface area (Å²) in [6.45, 7) is 9.77. The molecule has 0 fully saturated rings. The average Bonchev–Trinajstić information content (AvgIpc) is 2.72. The normalized spacial score (nSPS) is 13.9. The first-order chi connectivity index (χ1) is 8.90. The van der Waals surface area contributed by atoms with Gasteiger partial charge in [0.1, 0.15) is 5.76 Å². The predicted octanol–water partition coefficient (Wildman–Crippen LogP) is 5.17. The number of benzene rings is 1. The first-order valence-electron chi connectivity index (χ1n) is 6.82. The van der Waals surface area contributed by atoms with Crippen molar-refractivity contribution in [2.45, 2.75) is 40.2 Å². The molecule has 1 aromatic carbocycles. The highest BCUT2D eigenvalue weighted by Gasteiger charge is 2.22. The standard InChI is InChI=1S/C16H22ClNO/c1-5-18-13(10-16(2,3)4)14-9-11-7-6-8-12(17)15(11)19-14/h6-9,13,18H,5,10H2,1-4H3. The van der Waals surface area contributed by atoms with Gasteiger partial charge in [0.15, 0.2) is 5.58 Å². The summed E-state index contributed by atoms with van der Waals surface area (Å²) in [6.07, 6.45) is 1.03. The van der Waals surface area contributed by atoms with Crippen LogP contribution in [0.3, 0.4) is 0 Å². The summed E-state index contributed by atoms with van der Waals surface area (Å²) in [4.78, 5) is 0. The van der Waals surface area contributed by atoms with Crippen molar-refractivity contribution < 1.29 is 4.42 Å². The van der Waals surface area contributed by atoms with Crippen molar-refractivity contribution >= 4 is 22.6 Å². The summed E-state index contributed by atoms with van der Waals surface area (Å²) in [5.74, 6) is 0.972. The Labute approximate surface area is 120 Å². The average molecular weight is 280 g/mol. The van der Waals surface area contributed by atoms with Crippen molar-refractivity contribution in [2.75, 3.05) is 6.54 Å². The Balaban J connectivity index is 2.36. The van der Waals surface area contributed by atoms with Gasteiger partial charge in [-0.25, -0.2) is 0 Å². The molecule has 1 heterocycles. The van der Waals surface area contributed by atoms with Gasteiger partial charge in [0.2, 0.25) is 0 Å². The molecule has 1 N–H and O–H groups in total. The van der Waals surface area contributed by atoms with E-state index >= 15 is 0 Å². The highest BCUT2D eigenvalue weighted by atomic mass is 35.5. The molecule has 0 radical (unpaired) electrons. The largest absolute Gasteiger partial charge is 0.458 e. The van der Waals surface area contributed by atoms with Crippen LogP contribution in [-0.4, -0.2) is 6.54 Å². The lowest BCUT2D eigenvalue weighted by atomic mass is 9.87. The Bertz CT molecular complexity index is 553. The van der Waals surface area contributed by atoms with E-state index in [9.17, 15) is 0 Å². The summed E-state index contributed by atoms with van der Waals surface area (Å²) in [5, 5.41) is 5.24. The van der Waals surface area contributed by atoms with Crippen molar-refractivity contribution in [3.05, 3.63) is 35.0 Å². The molecule has 0 aliphatic carbocycles. The third-order valence-electron chi connectivity index (χ3n) is 3.13. The van der Waals surface area contributed by atoms with Crippen molar-refractivity contribution in [2.24, 2.45) is 5.41 Å². The molecule has 0 saturated heterocycles. The van der Waals surface area contributed by atoms with E-state index < -0.39 is 0 Å². The van der Waals surface area contributed by atoms with Crippen LogP contribution in [0.1, 0.15) is 45.9 Å². The van der Waals surface area contributed by atoms with Crippen LogP contribution >= 0.6 is 11.6 Å². The van der Waals surface area contributed by atoms with Gasteiger partial charge in [-0.15, -0.1) is 0 Å². The van der Waals surface area contributed by atoms with Gasteiger partial charge >= 0.3 is 0 Å². The number of hydrogen-bond acceptors (Lipinski definition) is 2. The first kappa shape index (κ1) is 14.4. The van der Waals surface area contributed by atoms with Crippen LogP contribution in [0.25, 0.3) is 11.0 Å². The number of hydrogen-bond donors (Lipinski definition) is 1. The van der Waals surface area contributed by atoms with Crippen molar-refractivity contribution in [1.29, 1.82) is 0 Å². The second-order valence-corrected chi connectivity index (χ2v) is 6.59. The zero-order valence-electron chi connectivity index (χ0n) is 12.1. The number of rotatable bonds is 4. The molecule has 19 heavy (non-hydrogen) atoms. The van der Waals surface area contributed by atoms with E-state index in [1.807, 2.05) is 18.2 Å². The van der Waals surface area contributed by atoms with Crippen molar-refractivity contribution in [3.8, 4) is 0 Å². The lowest BCUT2D eigenvalue weighted by Gasteiger charge is -2.25. The third kappa shape index (κ3) is 3.52. The van der Waals surface area contributed by atoms with Gasteiger partial charge in [-0.1, -0.05) is 51.4 Å². The second-order valence-electron chi connectivity index (χ2n) is 6.18. The van der Waals surface area contributed by atoms with Gasteiger partial charge in [0.05, 0.1) is 11.1 Å². The fourth-order valence-corrected chi connectivity index (χ4v) is 2.57. The zero-order valence-corrected chi connectivity index (χ0v) is 12.8. The SMILES string of the molecule is CCNC(CC(C)(C)C)c1cc2cccc(Cl)c2o1. The lowest BCUT2D eigenvalue weighted by Crippen LogP contribution is -2.25. The molecule has 3 heteroatoms. The Morgan fingerprint density at radius 2 is 2.05 bits per heavy atom. The molecule has 0 spiro atoms. The maximum atomic E-state index is 6.17. The molecular weight excluding hydrogens is 258 g/mol. The molecule has 0 bridgehead atoms. The maximum Gasteiger partial charge on any atom is 0.152 e. The molecule has 2 nitrogen and oxygen atoms in total. The van der Waals surface area contributed by atoms with Crippen LogP contribution in [0.5, 0.6) is 0 Å². The monoisotopic (exact) mass is 279 g/mol. The molecule has 0 aliphatic heterocycles. The van der Waals surface area contributed by atoms with E-state index in [0.29, 0.717) is 5.02 Å². The molecule has 0 saturated carbocycles. The van der Waals surface area contributed by atoms with E-state index in [4.69, 9.17) is 16.0 Å². The summed E-state index contributed by atoms with van der Waals surface area (Å²) in [7, 11) is 0. The molecule has 0 aliphatic rings. The third-order valence-corrected chi connectivity index (χ3v) is 3.42. The maximum absolute atomic E-state index is 6.17. The van der Waals surface area contributed by atoms with Gasteiger partial charge in [0, 0.05) is 5.39 Å². The molecular formula is C16H22ClNO. The van der Waals surface area contributed by atoms with Gasteiger partial charge in [0.25, 0.3) is 0 Å². The van der Waals surface area contributed by atoms with E-state index in [2.05, 4.69) is 39.1 Å². The molecule has 1 atom stereocenters. The Morgan fingerprint density at radius 1 is 1.32 bits per heavy atom. The quantitative estimate of drug-likeness (QED) is 0.835. The van der Waals surface area contributed by atoms with Crippen LogP contribution in [0.15, 0.2) is 28.7 Å². The first-order valence-corrected chi connectivity index (χ1v) is 7.20. The van der Waals surface area contributed by atoms with Crippen LogP contribution in [0.2, 0.25) is 5.02 Å². The van der Waals surface area contributed by atoms with Gasteiger partial charge in [-0.05, 0) is 30.5 Å². The highest BCUT2D eigenvalue weighted by Crippen LogP contribution is 2.34. The minimum absolute atomic E-state index is 0.230. The summed E-state index contributed by atoms with van der Waals surface area (Å²) in [6, 6.07) is 8.18. The van der Waals surface area contributed by atoms with E-state index in [-0.39, 0.29) is 11.5 Å². The fourth-order valence-electron chi connectivity index (χ4n) is 2.35. The van der Waals surface area contributed by atoms with Crippen LogP contribution < -0.4 is 5.32 Å². The molecule has 2 rings (SSSR count). The minimum atomic E-state index is 0.230. The van der Waals surface area contributed by atoms with Gasteiger partial charge in [-0.2, -0.15) is 0 Å². The number of furan rings is 1. The summed E-state index contributed by atoms with van der Waals surface area (Å²) < 4.78 is 5.96. The van der Waals surface area contributed by atoms with Gasteiger partial charge < -0.3 is 9.73 Å². The van der Waals surface area contributed by atoms with Crippen LogP contribution in [0.4, 0.5) is 0 Å². The highest BCUT2D eigenvalue weighted by molar-refractivity contribution is 6.34. The van der Waals surface area contributed by atoms with Crippen LogP contribution in [0, 0.1) is 5.41 Å².